The van der Waals surface area contributed by atoms with Gasteiger partial charge in [0.05, 0.1) is 11.7 Å². The first-order valence-corrected chi connectivity index (χ1v) is 10.5. The Morgan fingerprint density at radius 3 is 2.16 bits per heavy atom. The smallest absolute Gasteiger partial charge is 0.141 e. The Hall–Kier alpha value is -4.11. The van der Waals surface area contributed by atoms with Crippen LogP contribution in [-0.2, 0) is 0 Å². The highest BCUT2D eigenvalue weighted by Gasteiger charge is 2.34. The first kappa shape index (κ1) is 17.7. The summed E-state index contributed by atoms with van der Waals surface area (Å²) in [6.07, 6.45) is 2.15. The van der Waals surface area contributed by atoms with Crippen LogP contribution in [0.1, 0.15) is 22.7 Å². The van der Waals surface area contributed by atoms with E-state index in [1.54, 1.807) is 0 Å². The fourth-order valence-electron chi connectivity index (χ4n) is 4.53. The van der Waals surface area contributed by atoms with Crippen LogP contribution in [0.15, 0.2) is 120 Å². The lowest BCUT2D eigenvalue weighted by Gasteiger charge is -2.38. The fraction of sp³-hybridized carbons (Fsp3) is 0.0357. The number of H-pyrrole nitrogens is 1. The molecule has 0 aliphatic carbocycles. The molecule has 2 heterocycles. The molecule has 1 atom stereocenters. The summed E-state index contributed by atoms with van der Waals surface area (Å²) in [6.45, 7) is 0. The van der Waals surface area contributed by atoms with Gasteiger partial charge >= 0.3 is 0 Å². The number of aromatic nitrogens is 1. The van der Waals surface area contributed by atoms with Crippen molar-refractivity contribution in [2.75, 3.05) is 4.90 Å². The van der Waals surface area contributed by atoms with Crippen LogP contribution >= 0.6 is 0 Å². The van der Waals surface area contributed by atoms with Gasteiger partial charge in [0.1, 0.15) is 5.84 Å². The Kier molecular flexibility index (Phi) is 4.17. The molecule has 0 bridgehead atoms. The minimum absolute atomic E-state index is 0.00227. The van der Waals surface area contributed by atoms with Gasteiger partial charge in [-0.15, -0.1) is 0 Å². The molecule has 1 N–H and O–H groups in total. The van der Waals surface area contributed by atoms with E-state index < -0.39 is 0 Å². The number of rotatable bonds is 3. The summed E-state index contributed by atoms with van der Waals surface area (Å²) in [5, 5.41) is 1.23. The largest absolute Gasteiger partial charge is 0.361 e. The molecule has 0 spiro atoms. The van der Waals surface area contributed by atoms with Crippen LogP contribution in [0, 0.1) is 0 Å². The standard InChI is InChI=1S/C28H21N3/c1-3-11-20(12-4-1)28-30-26-18-10-8-16-23(26)27(31(28)21-13-5-2-6-14-21)24-19-29-25-17-9-7-15-22(24)25/h1-19,27,29H. The number of fused-ring (bicyclic) bond motifs is 2. The number of nitrogens with zero attached hydrogens (tertiary/aromatic N) is 2. The van der Waals surface area contributed by atoms with Crippen LogP contribution in [0.25, 0.3) is 10.9 Å². The molecular weight excluding hydrogens is 378 g/mol. The molecule has 31 heavy (non-hydrogen) atoms. The molecule has 3 heteroatoms. The van der Waals surface area contributed by atoms with Gasteiger partial charge in [-0.05, 0) is 24.3 Å². The number of nitrogens with one attached hydrogen (secondary N) is 1. The van der Waals surface area contributed by atoms with Crippen LogP contribution in [0.4, 0.5) is 11.4 Å². The number of aromatic amines is 1. The Morgan fingerprint density at radius 1 is 0.645 bits per heavy atom. The van der Waals surface area contributed by atoms with Crippen molar-refractivity contribution in [2.24, 2.45) is 4.99 Å². The summed E-state index contributed by atoms with van der Waals surface area (Å²) in [4.78, 5) is 11.0. The monoisotopic (exact) mass is 399 g/mol. The predicted octanol–water partition coefficient (Wildman–Crippen LogP) is 6.86. The van der Waals surface area contributed by atoms with E-state index in [4.69, 9.17) is 4.99 Å². The van der Waals surface area contributed by atoms with Crippen LogP contribution in [-0.4, -0.2) is 10.8 Å². The molecule has 1 aliphatic heterocycles. The summed E-state index contributed by atoms with van der Waals surface area (Å²) in [7, 11) is 0. The second kappa shape index (κ2) is 7.29. The van der Waals surface area contributed by atoms with Gasteiger partial charge in [0.2, 0.25) is 0 Å². The number of hydrogen-bond donors (Lipinski definition) is 1. The second-order valence-corrected chi connectivity index (χ2v) is 7.76. The number of amidine groups is 1. The summed E-state index contributed by atoms with van der Waals surface area (Å²) in [5.74, 6) is 0.959. The molecule has 0 fully saturated rings. The minimum atomic E-state index is 0.00227. The number of anilines is 1. The van der Waals surface area contributed by atoms with Crippen molar-refractivity contribution in [3.8, 4) is 0 Å². The second-order valence-electron chi connectivity index (χ2n) is 7.76. The number of para-hydroxylation sites is 3. The van der Waals surface area contributed by atoms with Gasteiger partial charge < -0.3 is 9.88 Å². The van der Waals surface area contributed by atoms with Crippen molar-refractivity contribution in [2.45, 2.75) is 6.04 Å². The third-order valence-corrected chi connectivity index (χ3v) is 5.93. The summed E-state index contributed by atoms with van der Waals surface area (Å²) in [6, 6.07) is 38.0. The van der Waals surface area contributed by atoms with Crippen molar-refractivity contribution in [1.29, 1.82) is 0 Å². The van der Waals surface area contributed by atoms with Gasteiger partial charge in [0.25, 0.3) is 0 Å². The van der Waals surface area contributed by atoms with E-state index in [0.29, 0.717) is 0 Å². The number of aliphatic imine (C=N–C) groups is 1. The third kappa shape index (κ3) is 2.94. The number of hydrogen-bond acceptors (Lipinski definition) is 2. The molecule has 0 saturated heterocycles. The normalized spacial score (nSPS) is 15.5. The van der Waals surface area contributed by atoms with Crippen LogP contribution in [0.5, 0.6) is 0 Å². The van der Waals surface area contributed by atoms with Gasteiger partial charge in [0, 0.05) is 39.5 Å². The SMILES string of the molecule is c1ccc(C2=Nc3ccccc3C(c3c[nH]c4ccccc34)N2c2ccccc2)cc1. The van der Waals surface area contributed by atoms with Crippen molar-refractivity contribution in [3.63, 3.8) is 0 Å². The molecule has 1 aromatic heterocycles. The van der Waals surface area contributed by atoms with Gasteiger partial charge in [-0.3, -0.25) is 0 Å². The van der Waals surface area contributed by atoms with Crippen LogP contribution in [0.2, 0.25) is 0 Å². The van der Waals surface area contributed by atoms with E-state index in [0.717, 1.165) is 28.3 Å². The zero-order valence-corrected chi connectivity index (χ0v) is 16.9. The molecule has 5 aromatic rings. The Bertz CT molecular complexity index is 1380. The van der Waals surface area contributed by atoms with Gasteiger partial charge in [0.15, 0.2) is 0 Å². The Morgan fingerprint density at radius 2 is 1.32 bits per heavy atom. The predicted molar refractivity (Wildman–Crippen MR) is 128 cm³/mol. The van der Waals surface area contributed by atoms with E-state index in [1.165, 1.54) is 16.5 Å². The Labute approximate surface area is 181 Å². The van der Waals surface area contributed by atoms with E-state index in [-0.39, 0.29) is 6.04 Å². The topological polar surface area (TPSA) is 31.4 Å². The average Bonchev–Trinajstić information content (AvgIpc) is 3.28. The Balaban J connectivity index is 1.66. The summed E-state index contributed by atoms with van der Waals surface area (Å²) < 4.78 is 0. The van der Waals surface area contributed by atoms with E-state index in [9.17, 15) is 0 Å². The number of benzene rings is 4. The molecule has 0 radical (unpaired) electrons. The lowest BCUT2D eigenvalue weighted by Crippen LogP contribution is -2.38. The molecule has 0 amide bonds. The van der Waals surface area contributed by atoms with E-state index in [1.807, 2.05) is 6.07 Å². The highest BCUT2D eigenvalue weighted by atomic mass is 15.2. The maximum Gasteiger partial charge on any atom is 0.141 e. The minimum Gasteiger partial charge on any atom is -0.361 e. The highest BCUT2D eigenvalue weighted by Crippen LogP contribution is 2.44. The van der Waals surface area contributed by atoms with Crippen molar-refractivity contribution >= 4 is 28.1 Å². The molecule has 4 aromatic carbocycles. The maximum absolute atomic E-state index is 5.15. The van der Waals surface area contributed by atoms with Crippen LogP contribution < -0.4 is 4.90 Å². The van der Waals surface area contributed by atoms with Crippen molar-refractivity contribution < 1.29 is 0 Å². The van der Waals surface area contributed by atoms with Crippen molar-refractivity contribution in [3.05, 3.63) is 132 Å². The van der Waals surface area contributed by atoms with Gasteiger partial charge in [-0.2, -0.15) is 0 Å². The molecule has 148 valence electrons. The molecule has 6 rings (SSSR count). The zero-order valence-electron chi connectivity index (χ0n) is 16.9. The zero-order chi connectivity index (χ0) is 20.6. The third-order valence-electron chi connectivity index (χ3n) is 5.93. The molecule has 1 unspecified atom stereocenters. The maximum atomic E-state index is 5.15. The quantitative estimate of drug-likeness (QED) is 0.353. The molecular formula is C28H21N3. The molecule has 0 saturated carbocycles. The van der Waals surface area contributed by atoms with Crippen molar-refractivity contribution in [1.82, 2.24) is 4.98 Å². The van der Waals surface area contributed by atoms with Crippen LogP contribution in [0.3, 0.4) is 0 Å². The summed E-state index contributed by atoms with van der Waals surface area (Å²) >= 11 is 0. The highest BCUT2D eigenvalue weighted by molar-refractivity contribution is 6.13. The molecule has 1 aliphatic rings. The first-order valence-electron chi connectivity index (χ1n) is 10.5. The average molecular weight is 399 g/mol. The molecule has 3 nitrogen and oxygen atoms in total. The fourth-order valence-corrected chi connectivity index (χ4v) is 4.53. The lowest BCUT2D eigenvalue weighted by atomic mass is 9.92. The van der Waals surface area contributed by atoms with Gasteiger partial charge in [-0.1, -0.05) is 84.9 Å². The van der Waals surface area contributed by atoms with Gasteiger partial charge in [-0.25, -0.2) is 4.99 Å². The first-order chi connectivity index (χ1) is 15.4. The summed E-state index contributed by atoms with van der Waals surface area (Å²) in [5.41, 5.74) is 6.84. The lowest BCUT2D eigenvalue weighted by molar-refractivity contribution is 0.831. The van der Waals surface area contributed by atoms with E-state index in [2.05, 4.69) is 119 Å². The van der Waals surface area contributed by atoms with E-state index >= 15 is 0 Å².